The minimum Gasteiger partial charge on any atom is -0.497 e. The Kier molecular flexibility index (Phi) is 4.09. The van der Waals surface area contributed by atoms with Gasteiger partial charge in [0.15, 0.2) is 0 Å². The van der Waals surface area contributed by atoms with Crippen LogP contribution in [0.3, 0.4) is 0 Å². The summed E-state index contributed by atoms with van der Waals surface area (Å²) in [6.07, 6.45) is 0.483. The van der Waals surface area contributed by atoms with Crippen molar-refractivity contribution in [3.8, 4) is 5.75 Å². The zero-order valence-corrected chi connectivity index (χ0v) is 11.3. The second-order valence-corrected chi connectivity index (χ2v) is 4.86. The van der Waals surface area contributed by atoms with E-state index in [0.717, 1.165) is 24.4 Å². The van der Waals surface area contributed by atoms with Crippen molar-refractivity contribution in [2.75, 3.05) is 25.1 Å². The normalized spacial score (nSPS) is 24.1. The molecule has 100 valence electrons. The fourth-order valence-corrected chi connectivity index (χ4v) is 2.51. The SMILES string of the molecule is COc1ccc(CN)c(N2CC(C)OC(C)C2)c1. The van der Waals surface area contributed by atoms with Crippen LogP contribution in [-0.4, -0.2) is 32.4 Å². The zero-order chi connectivity index (χ0) is 13.1. The van der Waals surface area contributed by atoms with Crippen molar-refractivity contribution in [3.05, 3.63) is 23.8 Å². The summed E-state index contributed by atoms with van der Waals surface area (Å²) >= 11 is 0. The van der Waals surface area contributed by atoms with Gasteiger partial charge in [0.05, 0.1) is 19.3 Å². The average molecular weight is 250 g/mol. The van der Waals surface area contributed by atoms with Gasteiger partial charge in [-0.05, 0) is 25.5 Å². The Morgan fingerprint density at radius 1 is 1.33 bits per heavy atom. The number of benzene rings is 1. The molecular weight excluding hydrogens is 228 g/mol. The lowest BCUT2D eigenvalue weighted by molar-refractivity contribution is -0.00527. The maximum atomic E-state index is 5.82. The molecule has 0 aromatic heterocycles. The number of rotatable bonds is 3. The van der Waals surface area contributed by atoms with E-state index in [1.165, 1.54) is 5.69 Å². The van der Waals surface area contributed by atoms with E-state index in [2.05, 4.69) is 24.8 Å². The van der Waals surface area contributed by atoms with Crippen LogP contribution in [-0.2, 0) is 11.3 Å². The summed E-state index contributed by atoms with van der Waals surface area (Å²) in [5.41, 5.74) is 8.14. The van der Waals surface area contributed by atoms with Gasteiger partial charge < -0.3 is 20.1 Å². The summed E-state index contributed by atoms with van der Waals surface area (Å²) in [6, 6.07) is 6.06. The first-order valence-corrected chi connectivity index (χ1v) is 6.41. The summed E-state index contributed by atoms with van der Waals surface area (Å²) < 4.78 is 11.1. The van der Waals surface area contributed by atoms with Crippen molar-refractivity contribution < 1.29 is 9.47 Å². The molecule has 0 saturated carbocycles. The summed E-state index contributed by atoms with van der Waals surface area (Å²) in [6.45, 7) is 6.53. The van der Waals surface area contributed by atoms with Crippen LogP contribution in [0.2, 0.25) is 0 Å². The Morgan fingerprint density at radius 3 is 2.56 bits per heavy atom. The number of nitrogens with two attached hydrogens (primary N) is 1. The van der Waals surface area contributed by atoms with Gasteiger partial charge in [0.2, 0.25) is 0 Å². The van der Waals surface area contributed by atoms with Gasteiger partial charge in [-0.15, -0.1) is 0 Å². The molecule has 1 aromatic rings. The summed E-state index contributed by atoms with van der Waals surface area (Å²) in [5.74, 6) is 0.869. The highest BCUT2D eigenvalue weighted by atomic mass is 16.5. The third-order valence-corrected chi connectivity index (χ3v) is 3.27. The molecule has 0 spiro atoms. The minimum atomic E-state index is 0.241. The third kappa shape index (κ3) is 2.76. The predicted octanol–water partition coefficient (Wildman–Crippen LogP) is 1.77. The first kappa shape index (κ1) is 13.2. The van der Waals surface area contributed by atoms with Gasteiger partial charge in [-0.2, -0.15) is 0 Å². The Balaban J connectivity index is 2.29. The lowest BCUT2D eigenvalue weighted by Crippen LogP contribution is -2.45. The number of anilines is 1. The Morgan fingerprint density at radius 2 is 2.00 bits per heavy atom. The molecule has 1 aromatic carbocycles. The van der Waals surface area contributed by atoms with Gasteiger partial charge in [-0.25, -0.2) is 0 Å². The van der Waals surface area contributed by atoms with Crippen LogP contribution in [0, 0.1) is 0 Å². The average Bonchev–Trinajstić information content (AvgIpc) is 2.36. The molecule has 18 heavy (non-hydrogen) atoms. The van der Waals surface area contributed by atoms with Crippen molar-refractivity contribution in [2.45, 2.75) is 32.6 Å². The molecule has 0 radical (unpaired) electrons. The number of hydrogen-bond donors (Lipinski definition) is 1. The van der Waals surface area contributed by atoms with E-state index in [4.69, 9.17) is 15.2 Å². The number of methoxy groups -OCH3 is 1. The first-order chi connectivity index (χ1) is 8.63. The maximum absolute atomic E-state index is 5.82. The Bertz CT molecular complexity index is 399. The molecule has 4 heteroatoms. The standard InChI is InChI=1S/C14H22N2O2/c1-10-8-16(9-11(2)18-10)14-6-13(17-3)5-4-12(14)7-15/h4-6,10-11H,7-9,15H2,1-3H3. The molecule has 0 aliphatic carbocycles. The van der Waals surface area contributed by atoms with Gasteiger partial charge in [0.1, 0.15) is 5.75 Å². The quantitative estimate of drug-likeness (QED) is 0.888. The topological polar surface area (TPSA) is 47.7 Å². The molecule has 2 rings (SSSR count). The van der Waals surface area contributed by atoms with Crippen molar-refractivity contribution in [1.82, 2.24) is 0 Å². The summed E-state index contributed by atoms with van der Waals surface area (Å²) in [4.78, 5) is 2.34. The van der Waals surface area contributed by atoms with E-state index >= 15 is 0 Å². The smallest absolute Gasteiger partial charge is 0.120 e. The summed E-state index contributed by atoms with van der Waals surface area (Å²) in [5, 5.41) is 0. The molecule has 1 aliphatic rings. The molecule has 0 amide bonds. The number of hydrogen-bond acceptors (Lipinski definition) is 4. The highest BCUT2D eigenvalue weighted by Gasteiger charge is 2.24. The van der Waals surface area contributed by atoms with Crippen LogP contribution in [0.1, 0.15) is 19.4 Å². The minimum absolute atomic E-state index is 0.241. The van der Waals surface area contributed by atoms with Crippen LogP contribution >= 0.6 is 0 Å². The van der Waals surface area contributed by atoms with E-state index in [0.29, 0.717) is 6.54 Å². The van der Waals surface area contributed by atoms with E-state index in [1.807, 2.05) is 12.1 Å². The van der Waals surface area contributed by atoms with Gasteiger partial charge >= 0.3 is 0 Å². The second-order valence-electron chi connectivity index (χ2n) is 4.86. The van der Waals surface area contributed by atoms with Gasteiger partial charge in [0.25, 0.3) is 0 Å². The molecule has 2 N–H and O–H groups in total. The second kappa shape index (κ2) is 5.59. The highest BCUT2D eigenvalue weighted by Crippen LogP contribution is 2.28. The van der Waals surface area contributed by atoms with E-state index in [9.17, 15) is 0 Å². The molecule has 2 atom stereocenters. The monoisotopic (exact) mass is 250 g/mol. The first-order valence-electron chi connectivity index (χ1n) is 6.41. The zero-order valence-electron chi connectivity index (χ0n) is 11.3. The Labute approximate surface area is 109 Å². The van der Waals surface area contributed by atoms with Crippen molar-refractivity contribution in [3.63, 3.8) is 0 Å². The molecule has 0 bridgehead atoms. The lowest BCUT2D eigenvalue weighted by Gasteiger charge is -2.37. The fourth-order valence-electron chi connectivity index (χ4n) is 2.51. The van der Waals surface area contributed by atoms with Gasteiger partial charge in [0, 0.05) is 31.4 Å². The molecule has 4 nitrogen and oxygen atoms in total. The van der Waals surface area contributed by atoms with Crippen LogP contribution in [0.25, 0.3) is 0 Å². The number of morpholine rings is 1. The van der Waals surface area contributed by atoms with Gasteiger partial charge in [-0.1, -0.05) is 6.07 Å². The lowest BCUT2D eigenvalue weighted by atomic mass is 10.1. The molecule has 2 unspecified atom stereocenters. The molecular formula is C14H22N2O2. The maximum Gasteiger partial charge on any atom is 0.120 e. The largest absolute Gasteiger partial charge is 0.497 e. The predicted molar refractivity (Wildman–Crippen MR) is 73.1 cm³/mol. The fraction of sp³-hybridized carbons (Fsp3) is 0.571. The number of nitrogens with zero attached hydrogens (tertiary/aromatic N) is 1. The van der Waals surface area contributed by atoms with Crippen LogP contribution < -0.4 is 15.4 Å². The molecule has 1 heterocycles. The van der Waals surface area contributed by atoms with Gasteiger partial charge in [-0.3, -0.25) is 0 Å². The van der Waals surface area contributed by atoms with Crippen molar-refractivity contribution in [1.29, 1.82) is 0 Å². The Hall–Kier alpha value is -1.26. The van der Waals surface area contributed by atoms with Crippen LogP contribution in [0.5, 0.6) is 5.75 Å². The van der Waals surface area contributed by atoms with E-state index in [-0.39, 0.29) is 12.2 Å². The molecule has 1 saturated heterocycles. The third-order valence-electron chi connectivity index (χ3n) is 3.27. The van der Waals surface area contributed by atoms with Crippen LogP contribution in [0.15, 0.2) is 18.2 Å². The van der Waals surface area contributed by atoms with Crippen molar-refractivity contribution in [2.24, 2.45) is 5.73 Å². The summed E-state index contributed by atoms with van der Waals surface area (Å²) in [7, 11) is 1.69. The van der Waals surface area contributed by atoms with Crippen LogP contribution in [0.4, 0.5) is 5.69 Å². The number of ether oxygens (including phenoxy) is 2. The molecule has 1 fully saturated rings. The van der Waals surface area contributed by atoms with Crippen molar-refractivity contribution >= 4 is 5.69 Å². The molecule has 1 aliphatic heterocycles. The van der Waals surface area contributed by atoms with E-state index < -0.39 is 0 Å². The van der Waals surface area contributed by atoms with E-state index in [1.54, 1.807) is 7.11 Å². The highest BCUT2D eigenvalue weighted by molar-refractivity contribution is 5.57.